The molecule has 0 saturated carbocycles. The van der Waals surface area contributed by atoms with E-state index in [0.717, 1.165) is 11.0 Å². The summed E-state index contributed by atoms with van der Waals surface area (Å²) < 4.78 is 44.4. The van der Waals surface area contributed by atoms with E-state index in [1.54, 1.807) is 0 Å². The van der Waals surface area contributed by atoms with E-state index >= 15 is 0 Å². The van der Waals surface area contributed by atoms with E-state index in [4.69, 9.17) is 27.9 Å². The Hall–Kier alpha value is -2.52. The van der Waals surface area contributed by atoms with Crippen LogP contribution in [0.1, 0.15) is 11.3 Å². The monoisotopic (exact) mass is 447 g/mol. The maximum atomic E-state index is 13.2. The van der Waals surface area contributed by atoms with Crippen LogP contribution in [-0.2, 0) is 15.7 Å². The largest absolute Gasteiger partial charge is 0.446 e. The lowest BCUT2D eigenvalue weighted by Crippen LogP contribution is -2.47. The van der Waals surface area contributed by atoms with E-state index in [-0.39, 0.29) is 23.1 Å². The number of rotatable bonds is 3. The van der Waals surface area contributed by atoms with Gasteiger partial charge in [-0.2, -0.15) is 13.2 Å². The van der Waals surface area contributed by atoms with Gasteiger partial charge < -0.3 is 9.64 Å². The number of halogens is 5. The third-order valence-electron chi connectivity index (χ3n) is 4.27. The summed E-state index contributed by atoms with van der Waals surface area (Å²) in [4.78, 5) is 31.2. The molecule has 0 radical (unpaired) electrons. The Morgan fingerprint density at radius 3 is 2.59 bits per heavy atom. The molecule has 1 atom stereocenters. The lowest BCUT2D eigenvalue weighted by atomic mass is 10.2. The van der Waals surface area contributed by atoms with Crippen molar-refractivity contribution in [3.05, 3.63) is 51.6 Å². The van der Waals surface area contributed by atoms with Crippen molar-refractivity contribution >= 4 is 46.7 Å². The maximum absolute atomic E-state index is 13.2. The van der Waals surface area contributed by atoms with Crippen LogP contribution in [0.2, 0.25) is 10.0 Å². The summed E-state index contributed by atoms with van der Waals surface area (Å²) in [6.07, 6.45) is -5.61. The summed E-state index contributed by atoms with van der Waals surface area (Å²) >= 11 is 12.0. The number of aryl methyl sites for hydroxylation is 1. The Bertz CT molecular complexity index is 985. The minimum Gasteiger partial charge on any atom is -0.446 e. The summed E-state index contributed by atoms with van der Waals surface area (Å²) in [6, 6.07) is 4.81. The second kappa shape index (κ2) is 7.72. The fourth-order valence-corrected chi connectivity index (χ4v) is 3.43. The van der Waals surface area contributed by atoms with Gasteiger partial charge in [-0.3, -0.25) is 4.79 Å². The zero-order valence-electron chi connectivity index (χ0n) is 15.1. The van der Waals surface area contributed by atoms with Crippen molar-refractivity contribution in [3.63, 3.8) is 0 Å². The first-order valence-corrected chi connectivity index (χ1v) is 8.99. The van der Waals surface area contributed by atoms with Gasteiger partial charge in [-0.15, -0.1) is 0 Å². The number of cyclic esters (lactones) is 1. The minimum absolute atomic E-state index is 0.0369. The SMILES string of the molecule is Cc1cc(C(F)(F)F)cc(N2C(=O)OCC2C(=O)N(C)c2ccc(Cl)cc2Cl)n1. The molecule has 1 aromatic carbocycles. The molecule has 2 aromatic rings. The molecule has 3 rings (SSSR count). The number of alkyl halides is 3. The zero-order chi connectivity index (χ0) is 21.5. The second-order valence-electron chi connectivity index (χ2n) is 6.31. The summed E-state index contributed by atoms with van der Waals surface area (Å²) in [5.41, 5.74) is -0.636. The molecule has 0 bridgehead atoms. The average Bonchev–Trinajstić information content (AvgIpc) is 3.01. The zero-order valence-corrected chi connectivity index (χ0v) is 16.6. The molecule has 1 saturated heterocycles. The van der Waals surface area contributed by atoms with Gasteiger partial charge in [0.1, 0.15) is 12.4 Å². The van der Waals surface area contributed by atoms with Crippen LogP contribution in [0.25, 0.3) is 0 Å². The van der Waals surface area contributed by atoms with Crippen molar-refractivity contribution in [2.75, 3.05) is 23.5 Å². The number of nitrogens with zero attached hydrogens (tertiary/aromatic N) is 3. The Labute approximate surface area is 173 Å². The number of benzene rings is 1. The van der Waals surface area contributed by atoms with E-state index in [1.165, 1.54) is 37.1 Å². The van der Waals surface area contributed by atoms with Crippen LogP contribution in [0, 0.1) is 6.92 Å². The topological polar surface area (TPSA) is 62.7 Å². The number of hydrogen-bond acceptors (Lipinski definition) is 4. The van der Waals surface area contributed by atoms with Crippen molar-refractivity contribution in [3.8, 4) is 0 Å². The van der Waals surface area contributed by atoms with Crippen LogP contribution in [0.5, 0.6) is 0 Å². The molecular formula is C18H14Cl2F3N3O3. The highest BCUT2D eigenvalue weighted by Gasteiger charge is 2.43. The first-order chi connectivity index (χ1) is 13.5. The van der Waals surface area contributed by atoms with E-state index in [0.29, 0.717) is 16.8 Å². The standard InChI is InChI=1S/C18H14Cl2F3N3O3/c1-9-5-10(18(21,22)23)6-15(24-9)26-14(8-29-17(26)28)16(27)25(2)13-4-3-11(19)7-12(13)20/h3-7,14H,8H2,1-2H3. The molecule has 1 aliphatic heterocycles. The summed E-state index contributed by atoms with van der Waals surface area (Å²) in [5.74, 6) is -0.939. The molecule has 154 valence electrons. The molecule has 11 heteroatoms. The van der Waals surface area contributed by atoms with Gasteiger partial charge in [-0.1, -0.05) is 23.2 Å². The predicted molar refractivity (Wildman–Crippen MR) is 101 cm³/mol. The van der Waals surface area contributed by atoms with Gasteiger partial charge in [-0.05, 0) is 37.3 Å². The van der Waals surface area contributed by atoms with Gasteiger partial charge in [0.25, 0.3) is 5.91 Å². The Kier molecular flexibility index (Phi) is 5.64. The molecule has 29 heavy (non-hydrogen) atoms. The van der Waals surface area contributed by atoms with Gasteiger partial charge in [0.05, 0.1) is 16.3 Å². The van der Waals surface area contributed by atoms with E-state index < -0.39 is 29.8 Å². The molecule has 1 fully saturated rings. The van der Waals surface area contributed by atoms with Crippen molar-refractivity contribution in [1.29, 1.82) is 0 Å². The van der Waals surface area contributed by atoms with Crippen LogP contribution in [0.3, 0.4) is 0 Å². The van der Waals surface area contributed by atoms with Gasteiger partial charge in [0.2, 0.25) is 0 Å². The number of pyridine rings is 1. The molecule has 2 heterocycles. The van der Waals surface area contributed by atoms with Crippen molar-refractivity contribution in [2.24, 2.45) is 0 Å². The Morgan fingerprint density at radius 2 is 1.97 bits per heavy atom. The molecule has 6 nitrogen and oxygen atoms in total. The smallest absolute Gasteiger partial charge is 0.416 e. The predicted octanol–water partition coefficient (Wildman–Crippen LogP) is 4.70. The highest BCUT2D eigenvalue weighted by Crippen LogP contribution is 2.34. The van der Waals surface area contributed by atoms with Gasteiger partial charge in [0.15, 0.2) is 6.04 Å². The maximum Gasteiger partial charge on any atom is 0.416 e. The summed E-state index contributed by atoms with van der Waals surface area (Å²) in [7, 11) is 1.42. The number of amides is 2. The fourth-order valence-electron chi connectivity index (χ4n) is 2.89. The summed E-state index contributed by atoms with van der Waals surface area (Å²) in [6.45, 7) is 1.01. The van der Waals surface area contributed by atoms with E-state index in [2.05, 4.69) is 4.98 Å². The second-order valence-corrected chi connectivity index (χ2v) is 7.15. The number of anilines is 2. The van der Waals surface area contributed by atoms with Gasteiger partial charge >= 0.3 is 12.3 Å². The molecule has 2 amide bonds. The highest BCUT2D eigenvalue weighted by molar-refractivity contribution is 6.36. The van der Waals surface area contributed by atoms with Crippen molar-refractivity contribution in [2.45, 2.75) is 19.1 Å². The lowest BCUT2D eigenvalue weighted by Gasteiger charge is -2.26. The number of carbonyl (C=O) groups excluding carboxylic acids is 2. The highest BCUT2D eigenvalue weighted by atomic mass is 35.5. The number of carbonyl (C=O) groups is 2. The van der Waals surface area contributed by atoms with Gasteiger partial charge in [0, 0.05) is 17.8 Å². The van der Waals surface area contributed by atoms with Crippen LogP contribution < -0.4 is 9.80 Å². The molecule has 1 aromatic heterocycles. The lowest BCUT2D eigenvalue weighted by molar-refractivity contribution is -0.137. The molecule has 0 spiro atoms. The number of aromatic nitrogens is 1. The normalized spacial score (nSPS) is 16.7. The first kappa shape index (κ1) is 21.2. The van der Waals surface area contributed by atoms with Crippen molar-refractivity contribution < 1.29 is 27.5 Å². The molecule has 1 aliphatic rings. The van der Waals surface area contributed by atoms with Gasteiger partial charge in [-0.25, -0.2) is 14.7 Å². The first-order valence-electron chi connectivity index (χ1n) is 8.23. The molecule has 0 N–H and O–H groups in total. The van der Waals surface area contributed by atoms with Crippen molar-refractivity contribution in [1.82, 2.24) is 4.98 Å². The molecule has 0 aliphatic carbocycles. The Morgan fingerprint density at radius 1 is 1.28 bits per heavy atom. The minimum atomic E-state index is -4.64. The Balaban J connectivity index is 1.97. The van der Waals surface area contributed by atoms with Crippen LogP contribution >= 0.6 is 23.2 Å². The number of ether oxygens (including phenoxy) is 1. The van der Waals surface area contributed by atoms with Crippen LogP contribution in [-0.4, -0.2) is 36.7 Å². The van der Waals surface area contributed by atoms with E-state index in [9.17, 15) is 22.8 Å². The van der Waals surface area contributed by atoms with E-state index in [1.807, 2.05) is 0 Å². The quantitative estimate of drug-likeness (QED) is 0.683. The third kappa shape index (κ3) is 4.25. The third-order valence-corrected chi connectivity index (χ3v) is 4.81. The summed E-state index contributed by atoms with van der Waals surface area (Å²) in [5, 5.41) is 0.558. The van der Waals surface area contributed by atoms with Crippen LogP contribution in [0.4, 0.5) is 29.5 Å². The number of likely N-dealkylation sites (N-methyl/N-ethyl adjacent to an activating group) is 1. The molecule has 1 unspecified atom stereocenters. The molecular weight excluding hydrogens is 434 g/mol. The van der Waals surface area contributed by atoms with Crippen LogP contribution in [0.15, 0.2) is 30.3 Å². The average molecular weight is 448 g/mol. The fraction of sp³-hybridized carbons (Fsp3) is 0.278. The number of hydrogen-bond donors (Lipinski definition) is 0.